The highest BCUT2D eigenvalue weighted by molar-refractivity contribution is 6.09. The maximum absolute atomic E-state index is 12.3. The Kier molecular flexibility index (Phi) is 5.24. The number of hydrogen-bond acceptors (Lipinski definition) is 7. The van der Waals surface area contributed by atoms with E-state index in [1.807, 2.05) is 0 Å². The smallest absolute Gasteiger partial charge is 0.353 e. The first-order valence-corrected chi connectivity index (χ1v) is 7.16. The minimum atomic E-state index is -3.14. The van der Waals surface area contributed by atoms with Crippen LogP contribution in [0.15, 0.2) is 42.5 Å². The van der Waals surface area contributed by atoms with Gasteiger partial charge in [0.05, 0.1) is 27.8 Å². The zero-order valence-corrected chi connectivity index (χ0v) is 13.3. The Morgan fingerprint density at radius 3 is 1.56 bits per heavy atom. The van der Waals surface area contributed by atoms with Crippen LogP contribution < -0.4 is 0 Å². The average molecular weight is 376 g/mol. The van der Waals surface area contributed by atoms with Gasteiger partial charge in [-0.1, -0.05) is 18.2 Å². The van der Waals surface area contributed by atoms with Gasteiger partial charge in [-0.3, -0.25) is 0 Å². The van der Waals surface area contributed by atoms with Crippen LogP contribution in [0.4, 0.5) is 0 Å². The van der Waals surface area contributed by atoms with Crippen LogP contribution in [0, 0.1) is 0 Å². The van der Waals surface area contributed by atoms with Crippen molar-refractivity contribution in [1.29, 1.82) is 0 Å². The number of aromatic carboxylic acids is 3. The maximum Gasteiger partial charge on any atom is 0.353 e. The van der Waals surface area contributed by atoms with Crippen molar-refractivity contribution in [3.63, 3.8) is 0 Å². The number of carboxylic acids is 3. The van der Waals surface area contributed by atoms with Crippen molar-refractivity contribution in [3.05, 3.63) is 70.3 Å². The fourth-order valence-corrected chi connectivity index (χ4v) is 2.20. The topological polar surface area (TPSA) is 179 Å². The Bertz CT molecular complexity index is 930. The summed E-state index contributed by atoms with van der Waals surface area (Å²) < 4.78 is 4.50. The van der Waals surface area contributed by atoms with Gasteiger partial charge in [0, 0.05) is 0 Å². The molecule has 0 fully saturated rings. The zero-order chi connectivity index (χ0) is 20.4. The summed E-state index contributed by atoms with van der Waals surface area (Å²) in [5, 5.41) is 47.2. The van der Waals surface area contributed by atoms with Gasteiger partial charge in [-0.2, -0.15) is 0 Å². The van der Waals surface area contributed by atoms with E-state index in [-0.39, 0.29) is 5.56 Å². The summed E-state index contributed by atoms with van der Waals surface area (Å²) in [5.74, 6) is -9.93. The molecule has 10 heteroatoms. The minimum absolute atomic E-state index is 0.254. The van der Waals surface area contributed by atoms with Gasteiger partial charge in [0.15, 0.2) is 0 Å². The van der Waals surface area contributed by atoms with Crippen molar-refractivity contribution < 1.29 is 49.4 Å². The minimum Gasteiger partial charge on any atom is -0.478 e. The number of carbonyl (C=O) groups excluding carboxylic acids is 1. The molecular formula is C17H12O10. The first kappa shape index (κ1) is 19.6. The summed E-state index contributed by atoms with van der Waals surface area (Å²) >= 11 is 0. The van der Waals surface area contributed by atoms with Crippen LogP contribution >= 0.6 is 0 Å². The molecule has 0 spiro atoms. The van der Waals surface area contributed by atoms with Crippen LogP contribution in [0.1, 0.15) is 47.0 Å². The highest BCUT2D eigenvalue weighted by Gasteiger charge is 2.34. The Hall–Kier alpha value is -3.76. The van der Waals surface area contributed by atoms with Crippen LogP contribution in [0.2, 0.25) is 0 Å². The predicted octanol–water partition coefficient (Wildman–Crippen LogP) is 0.733. The SMILES string of the molecule is O=C(O)c1cc(C(=O)O)c(C(=O)OC(O)(O)c2ccccc2)cc1C(=O)O. The standard InChI is InChI=1S/C17H12O10/c18-13(19)9-6-11(15(22)23)12(7-10(9)14(20)21)16(24)27-17(25,26)8-4-2-1-3-5-8/h1-7,25-26H,(H,18,19)(H,20,21)(H,22,23). The number of hydrogen-bond donors (Lipinski definition) is 5. The van der Waals surface area contributed by atoms with Crippen molar-refractivity contribution >= 4 is 23.9 Å². The van der Waals surface area contributed by atoms with E-state index in [1.165, 1.54) is 24.3 Å². The van der Waals surface area contributed by atoms with Crippen LogP contribution in [0.5, 0.6) is 0 Å². The average Bonchev–Trinajstić information content (AvgIpc) is 2.60. The number of rotatable bonds is 6. The lowest BCUT2D eigenvalue weighted by Crippen LogP contribution is -2.32. The second-order valence-corrected chi connectivity index (χ2v) is 5.22. The van der Waals surface area contributed by atoms with Gasteiger partial charge in [0.2, 0.25) is 0 Å². The van der Waals surface area contributed by atoms with Crippen molar-refractivity contribution in [3.8, 4) is 0 Å². The summed E-state index contributed by atoms with van der Waals surface area (Å²) in [7, 11) is 0. The number of carboxylic acid groups (broad SMARTS) is 3. The summed E-state index contributed by atoms with van der Waals surface area (Å²) in [6.07, 6.45) is 0. The highest BCUT2D eigenvalue weighted by atomic mass is 16.8. The fraction of sp³-hybridized carbons (Fsp3) is 0.0588. The number of aliphatic hydroxyl groups is 2. The second-order valence-electron chi connectivity index (χ2n) is 5.22. The monoisotopic (exact) mass is 376 g/mol. The summed E-state index contributed by atoms with van der Waals surface area (Å²) in [5.41, 5.74) is -3.74. The summed E-state index contributed by atoms with van der Waals surface area (Å²) in [6, 6.07) is 7.76. The molecule has 0 radical (unpaired) electrons. The molecule has 0 aliphatic rings. The number of carbonyl (C=O) groups is 4. The molecular weight excluding hydrogens is 364 g/mol. The normalized spacial score (nSPS) is 10.9. The zero-order valence-electron chi connectivity index (χ0n) is 13.3. The molecule has 5 N–H and O–H groups in total. The van der Waals surface area contributed by atoms with Gasteiger partial charge in [0.1, 0.15) is 0 Å². The summed E-state index contributed by atoms with van der Waals surface area (Å²) in [4.78, 5) is 46.0. The Morgan fingerprint density at radius 2 is 1.11 bits per heavy atom. The molecule has 0 heterocycles. The van der Waals surface area contributed by atoms with E-state index in [0.29, 0.717) is 12.1 Å². The first-order chi connectivity index (χ1) is 12.5. The molecule has 0 atom stereocenters. The van der Waals surface area contributed by atoms with Gasteiger partial charge in [-0.05, 0) is 24.3 Å². The second kappa shape index (κ2) is 7.23. The molecule has 10 nitrogen and oxygen atoms in total. The number of benzene rings is 2. The quantitative estimate of drug-likeness (QED) is 0.356. The Morgan fingerprint density at radius 1 is 0.704 bits per heavy atom. The molecule has 2 aromatic carbocycles. The van der Waals surface area contributed by atoms with Crippen LogP contribution in [0.3, 0.4) is 0 Å². The molecule has 0 saturated carbocycles. The molecule has 0 amide bonds. The van der Waals surface area contributed by atoms with Gasteiger partial charge in [-0.25, -0.2) is 19.2 Å². The van der Waals surface area contributed by atoms with E-state index in [2.05, 4.69) is 4.74 Å². The molecule has 140 valence electrons. The third kappa shape index (κ3) is 4.08. The molecule has 27 heavy (non-hydrogen) atoms. The lowest BCUT2D eigenvalue weighted by molar-refractivity contribution is -0.319. The Labute approximate surface area is 150 Å². The van der Waals surface area contributed by atoms with Crippen molar-refractivity contribution in [2.24, 2.45) is 0 Å². The van der Waals surface area contributed by atoms with Gasteiger partial charge < -0.3 is 30.3 Å². The molecule has 0 unspecified atom stereocenters. The molecule has 0 saturated heterocycles. The van der Waals surface area contributed by atoms with Crippen molar-refractivity contribution in [1.82, 2.24) is 0 Å². The van der Waals surface area contributed by atoms with E-state index < -0.39 is 52.1 Å². The highest BCUT2D eigenvalue weighted by Crippen LogP contribution is 2.24. The molecule has 0 aliphatic heterocycles. The lowest BCUT2D eigenvalue weighted by Gasteiger charge is -2.22. The first-order valence-electron chi connectivity index (χ1n) is 7.16. The van der Waals surface area contributed by atoms with Crippen molar-refractivity contribution in [2.75, 3.05) is 0 Å². The van der Waals surface area contributed by atoms with Gasteiger partial charge in [0.25, 0.3) is 0 Å². The molecule has 2 aromatic rings. The van der Waals surface area contributed by atoms with Crippen LogP contribution in [-0.2, 0) is 10.7 Å². The van der Waals surface area contributed by atoms with E-state index in [4.69, 9.17) is 10.2 Å². The molecule has 2 rings (SSSR count). The van der Waals surface area contributed by atoms with E-state index >= 15 is 0 Å². The lowest BCUT2D eigenvalue weighted by atomic mass is 9.98. The van der Waals surface area contributed by atoms with Gasteiger partial charge >= 0.3 is 29.9 Å². The van der Waals surface area contributed by atoms with Crippen LogP contribution in [-0.4, -0.2) is 49.4 Å². The molecule has 0 aliphatic carbocycles. The van der Waals surface area contributed by atoms with E-state index in [1.54, 1.807) is 6.07 Å². The third-order valence-electron chi connectivity index (χ3n) is 3.45. The maximum atomic E-state index is 12.3. The number of esters is 1. The molecule has 0 aromatic heterocycles. The largest absolute Gasteiger partial charge is 0.478 e. The third-order valence-corrected chi connectivity index (χ3v) is 3.45. The van der Waals surface area contributed by atoms with E-state index in [9.17, 15) is 34.5 Å². The van der Waals surface area contributed by atoms with E-state index in [0.717, 1.165) is 0 Å². The van der Waals surface area contributed by atoms with Crippen molar-refractivity contribution in [2.45, 2.75) is 5.97 Å². The molecule has 0 bridgehead atoms. The van der Waals surface area contributed by atoms with Gasteiger partial charge in [-0.15, -0.1) is 0 Å². The Balaban J connectivity index is 2.54. The van der Waals surface area contributed by atoms with Crippen LogP contribution in [0.25, 0.3) is 0 Å². The predicted molar refractivity (Wildman–Crippen MR) is 85.3 cm³/mol. The summed E-state index contributed by atoms with van der Waals surface area (Å²) in [6.45, 7) is 0. The number of ether oxygens (including phenoxy) is 1. The fourth-order valence-electron chi connectivity index (χ4n) is 2.20.